The summed E-state index contributed by atoms with van der Waals surface area (Å²) in [6.07, 6.45) is 4.34. The highest BCUT2D eigenvalue weighted by Gasteiger charge is 2.24. The maximum Gasteiger partial charge on any atom is 0.272 e. The Hall–Kier alpha value is -1.55. The second kappa shape index (κ2) is 4.28. The summed E-state index contributed by atoms with van der Waals surface area (Å²) in [6.45, 7) is 5.19. The largest absolute Gasteiger partial charge is 0.338 e. The molecule has 2 unspecified atom stereocenters. The third kappa shape index (κ3) is 1.77. The lowest BCUT2D eigenvalue weighted by Crippen LogP contribution is -2.40. The molecule has 0 bridgehead atoms. The number of hydrogen-bond acceptors (Lipinski definition) is 2. The highest BCUT2D eigenvalue weighted by molar-refractivity contribution is 5.79. The number of piperidine rings is 1. The fourth-order valence-corrected chi connectivity index (χ4v) is 3.02. The van der Waals surface area contributed by atoms with Crippen molar-refractivity contribution < 1.29 is 0 Å². The molecule has 2 atom stereocenters. The summed E-state index contributed by atoms with van der Waals surface area (Å²) in [7, 11) is 0. The zero-order valence-electron chi connectivity index (χ0n) is 10.9. The van der Waals surface area contributed by atoms with Crippen LogP contribution in [-0.2, 0) is 0 Å². The van der Waals surface area contributed by atoms with Gasteiger partial charge in [-0.05, 0) is 45.4 Å². The molecule has 1 aliphatic heterocycles. The molecule has 0 spiro atoms. The summed E-state index contributed by atoms with van der Waals surface area (Å²) in [5, 5.41) is 4.52. The first-order valence-electron chi connectivity index (χ1n) is 6.60. The minimum Gasteiger partial charge on any atom is -0.338 e. The van der Waals surface area contributed by atoms with Crippen molar-refractivity contribution in [2.24, 2.45) is 0 Å². The van der Waals surface area contributed by atoms with Crippen LogP contribution in [0.2, 0.25) is 0 Å². The van der Waals surface area contributed by atoms with E-state index in [-0.39, 0.29) is 5.56 Å². The highest BCUT2D eigenvalue weighted by Crippen LogP contribution is 2.26. The first-order valence-corrected chi connectivity index (χ1v) is 6.60. The lowest BCUT2D eigenvalue weighted by molar-refractivity contribution is 0.301. The molecule has 0 saturated carbocycles. The van der Waals surface area contributed by atoms with Gasteiger partial charge in [-0.1, -0.05) is 0 Å². The Labute approximate surface area is 106 Å². The number of aromatic nitrogens is 2. The fraction of sp³-hybridized carbons (Fsp3) is 0.500. The zero-order valence-corrected chi connectivity index (χ0v) is 10.9. The van der Waals surface area contributed by atoms with E-state index in [9.17, 15) is 4.79 Å². The van der Waals surface area contributed by atoms with Crippen molar-refractivity contribution in [1.82, 2.24) is 14.9 Å². The Morgan fingerprint density at radius 1 is 1.44 bits per heavy atom. The number of nitrogens with zero attached hydrogens (tertiary/aromatic N) is 1. The minimum absolute atomic E-state index is 0.0211. The monoisotopic (exact) mass is 245 g/mol. The highest BCUT2D eigenvalue weighted by atomic mass is 16.1. The maximum atomic E-state index is 12.1. The molecule has 0 amide bonds. The second-order valence-electron chi connectivity index (χ2n) is 5.26. The average Bonchev–Trinajstić information content (AvgIpc) is 2.73. The molecule has 4 heteroatoms. The zero-order chi connectivity index (χ0) is 12.7. The Bertz CT molecular complexity index is 625. The summed E-state index contributed by atoms with van der Waals surface area (Å²) in [5.74, 6) is 0. The van der Waals surface area contributed by atoms with Gasteiger partial charge in [0.2, 0.25) is 0 Å². The van der Waals surface area contributed by atoms with Crippen LogP contribution in [0.5, 0.6) is 0 Å². The van der Waals surface area contributed by atoms with Crippen LogP contribution in [0.3, 0.4) is 0 Å². The van der Waals surface area contributed by atoms with Crippen LogP contribution in [-0.4, -0.2) is 22.1 Å². The van der Waals surface area contributed by atoms with Crippen molar-refractivity contribution >= 4 is 10.9 Å². The van der Waals surface area contributed by atoms with Gasteiger partial charge in [-0.2, -0.15) is 0 Å². The van der Waals surface area contributed by atoms with E-state index in [0.29, 0.717) is 12.1 Å². The van der Waals surface area contributed by atoms with Gasteiger partial charge in [0.25, 0.3) is 5.56 Å². The van der Waals surface area contributed by atoms with Gasteiger partial charge in [-0.25, -0.2) is 0 Å². The SMILES string of the molecule is Cc1cc2ccn(C3CCCNC3C)c2c(=O)[nH]1. The predicted molar refractivity (Wildman–Crippen MR) is 73.0 cm³/mol. The molecule has 96 valence electrons. The topological polar surface area (TPSA) is 49.8 Å². The summed E-state index contributed by atoms with van der Waals surface area (Å²) >= 11 is 0. The van der Waals surface area contributed by atoms with E-state index >= 15 is 0 Å². The third-order valence-electron chi connectivity index (χ3n) is 3.92. The van der Waals surface area contributed by atoms with Gasteiger partial charge in [-0.3, -0.25) is 4.79 Å². The van der Waals surface area contributed by atoms with Crippen molar-refractivity contribution in [2.75, 3.05) is 6.54 Å². The molecule has 0 radical (unpaired) electrons. The van der Waals surface area contributed by atoms with Crippen LogP contribution in [0.1, 0.15) is 31.5 Å². The van der Waals surface area contributed by atoms with Crippen molar-refractivity contribution in [3.8, 4) is 0 Å². The summed E-state index contributed by atoms with van der Waals surface area (Å²) in [6, 6.07) is 4.86. The fourth-order valence-electron chi connectivity index (χ4n) is 3.02. The van der Waals surface area contributed by atoms with E-state index in [2.05, 4.69) is 21.8 Å². The van der Waals surface area contributed by atoms with Crippen LogP contribution >= 0.6 is 0 Å². The molecule has 0 aliphatic carbocycles. The van der Waals surface area contributed by atoms with Gasteiger partial charge in [0.1, 0.15) is 5.52 Å². The molecule has 3 heterocycles. The Balaban J connectivity index is 2.15. The lowest BCUT2D eigenvalue weighted by atomic mass is 9.99. The van der Waals surface area contributed by atoms with Gasteiger partial charge in [0, 0.05) is 29.4 Å². The summed E-state index contributed by atoms with van der Waals surface area (Å²) in [5.41, 5.74) is 1.74. The number of aryl methyl sites for hydroxylation is 1. The lowest BCUT2D eigenvalue weighted by Gasteiger charge is -2.31. The number of pyridine rings is 1. The van der Waals surface area contributed by atoms with Crippen LogP contribution in [0.15, 0.2) is 23.1 Å². The molecule has 18 heavy (non-hydrogen) atoms. The van der Waals surface area contributed by atoms with E-state index in [0.717, 1.165) is 29.6 Å². The number of nitrogens with one attached hydrogen (secondary N) is 2. The van der Waals surface area contributed by atoms with Gasteiger partial charge >= 0.3 is 0 Å². The standard InChI is InChI=1S/C14H19N3O/c1-9-8-11-5-7-17(13(11)14(18)16-9)12-4-3-6-15-10(12)2/h5,7-8,10,12,15H,3-4,6H2,1-2H3,(H,16,18). The van der Waals surface area contributed by atoms with Gasteiger partial charge in [0.05, 0.1) is 0 Å². The second-order valence-corrected chi connectivity index (χ2v) is 5.26. The van der Waals surface area contributed by atoms with Crippen molar-refractivity contribution in [3.05, 3.63) is 34.4 Å². The number of hydrogen-bond donors (Lipinski definition) is 2. The molecule has 3 rings (SSSR count). The summed E-state index contributed by atoms with van der Waals surface area (Å²) < 4.78 is 2.14. The first kappa shape index (κ1) is 11.5. The van der Waals surface area contributed by atoms with E-state index in [1.165, 1.54) is 6.42 Å². The number of aromatic amines is 1. The summed E-state index contributed by atoms with van der Waals surface area (Å²) in [4.78, 5) is 15.0. The predicted octanol–water partition coefficient (Wildman–Crippen LogP) is 1.95. The molecule has 4 nitrogen and oxygen atoms in total. The Kier molecular flexibility index (Phi) is 2.74. The van der Waals surface area contributed by atoms with Crippen LogP contribution < -0.4 is 10.9 Å². The molecular weight excluding hydrogens is 226 g/mol. The van der Waals surface area contributed by atoms with E-state index in [1.807, 2.05) is 25.3 Å². The van der Waals surface area contributed by atoms with E-state index in [1.54, 1.807) is 0 Å². The number of fused-ring (bicyclic) bond motifs is 1. The van der Waals surface area contributed by atoms with Crippen LogP contribution in [0.25, 0.3) is 10.9 Å². The van der Waals surface area contributed by atoms with Gasteiger partial charge < -0.3 is 14.9 Å². The van der Waals surface area contributed by atoms with Crippen LogP contribution in [0, 0.1) is 6.92 Å². The minimum atomic E-state index is 0.0211. The molecule has 1 fully saturated rings. The van der Waals surface area contributed by atoms with E-state index < -0.39 is 0 Å². The normalized spacial score (nSPS) is 24.6. The van der Waals surface area contributed by atoms with Crippen molar-refractivity contribution in [3.63, 3.8) is 0 Å². The molecular formula is C14H19N3O. The van der Waals surface area contributed by atoms with E-state index in [4.69, 9.17) is 0 Å². The Morgan fingerprint density at radius 2 is 2.28 bits per heavy atom. The number of H-pyrrole nitrogens is 1. The molecule has 2 aromatic heterocycles. The molecule has 2 N–H and O–H groups in total. The molecule has 1 aliphatic rings. The maximum absolute atomic E-state index is 12.1. The van der Waals surface area contributed by atoms with Crippen LogP contribution in [0.4, 0.5) is 0 Å². The average molecular weight is 245 g/mol. The molecule has 2 aromatic rings. The van der Waals surface area contributed by atoms with Crippen molar-refractivity contribution in [2.45, 2.75) is 38.8 Å². The smallest absolute Gasteiger partial charge is 0.272 e. The van der Waals surface area contributed by atoms with Gasteiger partial charge in [-0.15, -0.1) is 0 Å². The molecule has 0 aromatic carbocycles. The third-order valence-corrected chi connectivity index (χ3v) is 3.92. The number of rotatable bonds is 1. The quantitative estimate of drug-likeness (QED) is 0.807. The Morgan fingerprint density at radius 3 is 3.06 bits per heavy atom. The van der Waals surface area contributed by atoms with Gasteiger partial charge in [0.15, 0.2) is 0 Å². The first-order chi connectivity index (χ1) is 8.66. The molecule has 1 saturated heterocycles. The van der Waals surface area contributed by atoms with Crippen molar-refractivity contribution in [1.29, 1.82) is 0 Å².